The van der Waals surface area contributed by atoms with E-state index in [1.165, 1.54) is 11.8 Å². The van der Waals surface area contributed by atoms with Gasteiger partial charge in [0.05, 0.1) is 12.0 Å². The Morgan fingerprint density at radius 3 is 2.55 bits per heavy atom. The molecule has 0 radical (unpaired) electrons. The number of aromatic nitrogens is 2. The molecule has 2 aromatic rings. The van der Waals surface area contributed by atoms with Crippen LogP contribution in [0.1, 0.15) is 60.6 Å². The van der Waals surface area contributed by atoms with Gasteiger partial charge >= 0.3 is 0 Å². The van der Waals surface area contributed by atoms with Crippen LogP contribution in [0.3, 0.4) is 0 Å². The summed E-state index contributed by atoms with van der Waals surface area (Å²) in [6.07, 6.45) is 4.45. The van der Waals surface area contributed by atoms with Gasteiger partial charge in [-0.05, 0) is 43.6 Å². The van der Waals surface area contributed by atoms with Gasteiger partial charge in [-0.25, -0.2) is 0 Å². The topological polar surface area (TPSA) is 114 Å². The van der Waals surface area contributed by atoms with Crippen LogP contribution in [0.2, 0.25) is 0 Å². The summed E-state index contributed by atoms with van der Waals surface area (Å²) in [6.45, 7) is 3.96. The molecular formula is C22H28N4O4S. The molecule has 0 spiro atoms. The molecule has 1 saturated carbocycles. The predicted octanol–water partition coefficient (Wildman–Crippen LogP) is 3.10. The fourth-order valence-corrected chi connectivity index (χ4v) is 4.10. The van der Waals surface area contributed by atoms with Crippen molar-refractivity contribution in [3.63, 3.8) is 0 Å². The van der Waals surface area contributed by atoms with Crippen LogP contribution in [-0.4, -0.2) is 46.1 Å². The number of hydrogen-bond acceptors (Lipinski definition) is 7. The Kier molecular flexibility index (Phi) is 7.84. The number of benzene rings is 1. The molecule has 3 atom stereocenters. The summed E-state index contributed by atoms with van der Waals surface area (Å²) < 4.78 is 5.37. The number of nitrogens with one attached hydrogen (secondary N) is 2. The standard InChI is InChI=1S/C22H28N4O4S/c1-13(2)12-17(18(27)21-25-26-22(30-21)31-3)24-20(29)15-10-7-11-16(15)23-19(28)14-8-5-4-6-9-14/h4-6,8-9,13,15-17H,7,10-12H2,1-3H3,(H,23,28)(H,24,29)/t15-,16+,17+/m1/s1. The highest BCUT2D eigenvalue weighted by Gasteiger charge is 2.37. The average Bonchev–Trinajstić information content (AvgIpc) is 3.42. The number of carbonyl (C=O) groups excluding carboxylic acids is 3. The normalized spacial score (nSPS) is 19.2. The lowest BCUT2D eigenvalue weighted by Crippen LogP contribution is -2.49. The largest absolute Gasteiger partial charge is 0.408 e. The van der Waals surface area contributed by atoms with Crippen molar-refractivity contribution in [1.29, 1.82) is 0 Å². The summed E-state index contributed by atoms with van der Waals surface area (Å²) in [5.41, 5.74) is 0.558. The van der Waals surface area contributed by atoms with E-state index in [0.29, 0.717) is 23.6 Å². The Balaban J connectivity index is 1.68. The Morgan fingerprint density at radius 1 is 1.16 bits per heavy atom. The molecule has 1 aliphatic rings. The number of thioether (sulfide) groups is 1. The summed E-state index contributed by atoms with van der Waals surface area (Å²) in [4.78, 5) is 38.5. The zero-order valence-electron chi connectivity index (χ0n) is 18.0. The van der Waals surface area contributed by atoms with Gasteiger partial charge in [0, 0.05) is 11.6 Å². The molecular weight excluding hydrogens is 416 g/mol. The summed E-state index contributed by atoms with van der Waals surface area (Å²) in [7, 11) is 0. The van der Waals surface area contributed by atoms with Crippen LogP contribution in [0, 0.1) is 11.8 Å². The predicted molar refractivity (Wildman–Crippen MR) is 117 cm³/mol. The van der Waals surface area contributed by atoms with Gasteiger partial charge < -0.3 is 15.1 Å². The van der Waals surface area contributed by atoms with Gasteiger partial charge in [-0.1, -0.05) is 50.2 Å². The highest BCUT2D eigenvalue weighted by Crippen LogP contribution is 2.27. The first-order valence-corrected chi connectivity index (χ1v) is 11.7. The maximum absolute atomic E-state index is 13.1. The van der Waals surface area contributed by atoms with Gasteiger partial charge in [0.2, 0.25) is 11.7 Å². The Labute approximate surface area is 186 Å². The van der Waals surface area contributed by atoms with E-state index in [4.69, 9.17) is 4.42 Å². The van der Waals surface area contributed by atoms with Gasteiger partial charge in [-0.2, -0.15) is 0 Å². The van der Waals surface area contributed by atoms with E-state index in [-0.39, 0.29) is 35.6 Å². The van der Waals surface area contributed by atoms with Gasteiger partial charge in [-0.15, -0.1) is 10.2 Å². The van der Waals surface area contributed by atoms with Crippen molar-refractivity contribution in [2.75, 3.05) is 6.26 Å². The molecule has 0 bridgehead atoms. The quantitative estimate of drug-likeness (QED) is 0.451. The monoisotopic (exact) mass is 444 g/mol. The summed E-state index contributed by atoms with van der Waals surface area (Å²) >= 11 is 1.25. The third-order valence-corrected chi connectivity index (χ3v) is 5.85. The van der Waals surface area contributed by atoms with Crippen LogP contribution < -0.4 is 10.6 Å². The molecule has 9 heteroatoms. The molecule has 1 aliphatic carbocycles. The van der Waals surface area contributed by atoms with Crippen LogP contribution >= 0.6 is 11.8 Å². The fraction of sp³-hybridized carbons (Fsp3) is 0.500. The first-order chi connectivity index (χ1) is 14.9. The highest BCUT2D eigenvalue weighted by atomic mass is 32.2. The zero-order valence-corrected chi connectivity index (χ0v) is 18.8. The van der Waals surface area contributed by atoms with E-state index in [9.17, 15) is 14.4 Å². The smallest absolute Gasteiger partial charge is 0.286 e. The Hall–Kier alpha value is -2.68. The number of amides is 2. The number of nitrogens with zero attached hydrogens (tertiary/aromatic N) is 2. The number of ketones is 1. The molecule has 1 fully saturated rings. The van der Waals surface area contributed by atoms with Crippen LogP contribution in [0.5, 0.6) is 0 Å². The lowest BCUT2D eigenvalue weighted by atomic mass is 9.97. The molecule has 0 aliphatic heterocycles. The number of Topliss-reactive ketones (excluding diaryl/α,β-unsaturated/α-hetero) is 1. The van der Waals surface area contributed by atoms with E-state index in [2.05, 4.69) is 20.8 Å². The van der Waals surface area contributed by atoms with E-state index in [1.54, 1.807) is 30.5 Å². The van der Waals surface area contributed by atoms with Crippen molar-refractivity contribution in [3.8, 4) is 0 Å². The minimum atomic E-state index is -0.756. The SMILES string of the molecule is CSc1nnc(C(=O)[C@H](CC(C)C)NC(=O)[C@@H]2CCC[C@@H]2NC(=O)c2ccccc2)o1. The molecule has 8 nitrogen and oxygen atoms in total. The maximum atomic E-state index is 13.1. The maximum Gasteiger partial charge on any atom is 0.286 e. The molecule has 31 heavy (non-hydrogen) atoms. The molecule has 3 rings (SSSR count). The van der Waals surface area contributed by atoms with Gasteiger partial charge in [-0.3, -0.25) is 14.4 Å². The van der Waals surface area contributed by atoms with Crippen LogP contribution in [-0.2, 0) is 4.79 Å². The highest BCUT2D eigenvalue weighted by molar-refractivity contribution is 7.98. The molecule has 1 aromatic carbocycles. The van der Waals surface area contributed by atoms with E-state index in [0.717, 1.165) is 12.8 Å². The van der Waals surface area contributed by atoms with Crippen molar-refractivity contribution < 1.29 is 18.8 Å². The molecule has 1 aromatic heterocycles. The zero-order chi connectivity index (χ0) is 22.4. The van der Waals surface area contributed by atoms with Crippen molar-refractivity contribution in [1.82, 2.24) is 20.8 Å². The van der Waals surface area contributed by atoms with Crippen molar-refractivity contribution >= 4 is 29.4 Å². The molecule has 0 saturated heterocycles. The fourth-order valence-electron chi connectivity index (χ4n) is 3.81. The number of rotatable bonds is 9. The van der Waals surface area contributed by atoms with Gasteiger partial charge in [0.1, 0.15) is 0 Å². The van der Waals surface area contributed by atoms with E-state index < -0.39 is 11.8 Å². The molecule has 0 unspecified atom stereocenters. The summed E-state index contributed by atoms with van der Waals surface area (Å²) in [5.74, 6) is -1.14. The molecule has 1 heterocycles. The average molecular weight is 445 g/mol. The Bertz CT molecular complexity index is 915. The van der Waals surface area contributed by atoms with Crippen LogP contribution in [0.15, 0.2) is 40.0 Å². The number of hydrogen-bond donors (Lipinski definition) is 2. The van der Waals surface area contributed by atoms with Crippen molar-refractivity contribution in [2.24, 2.45) is 11.8 Å². The minimum Gasteiger partial charge on any atom is -0.408 e. The summed E-state index contributed by atoms with van der Waals surface area (Å²) in [6, 6.07) is 7.90. The molecule has 2 N–H and O–H groups in total. The molecule has 166 valence electrons. The van der Waals surface area contributed by atoms with E-state index in [1.807, 2.05) is 19.9 Å². The van der Waals surface area contributed by atoms with Gasteiger partial charge in [0.15, 0.2) is 0 Å². The lowest BCUT2D eigenvalue weighted by molar-refractivity contribution is -0.125. The van der Waals surface area contributed by atoms with Crippen LogP contribution in [0.4, 0.5) is 0 Å². The van der Waals surface area contributed by atoms with Crippen molar-refractivity contribution in [2.45, 2.75) is 56.8 Å². The second kappa shape index (κ2) is 10.6. The second-order valence-electron chi connectivity index (χ2n) is 8.12. The summed E-state index contributed by atoms with van der Waals surface area (Å²) in [5, 5.41) is 13.8. The van der Waals surface area contributed by atoms with Gasteiger partial charge in [0.25, 0.3) is 17.0 Å². The number of carbonyl (C=O) groups is 3. The first kappa shape index (κ1) is 23.0. The van der Waals surface area contributed by atoms with Crippen LogP contribution in [0.25, 0.3) is 0 Å². The lowest BCUT2D eigenvalue weighted by Gasteiger charge is -2.24. The van der Waals surface area contributed by atoms with E-state index >= 15 is 0 Å². The Morgan fingerprint density at radius 2 is 1.90 bits per heavy atom. The third kappa shape index (κ3) is 5.94. The molecule has 2 amide bonds. The third-order valence-electron chi connectivity index (χ3n) is 5.34. The van der Waals surface area contributed by atoms with Crippen molar-refractivity contribution in [3.05, 3.63) is 41.8 Å². The second-order valence-corrected chi connectivity index (χ2v) is 8.87. The first-order valence-electron chi connectivity index (χ1n) is 10.5. The minimum absolute atomic E-state index is 0.101.